The molecular formula is C40H67O16+. The zero-order chi connectivity index (χ0) is 44.6. The number of esters is 1. The minimum absolute atomic E-state index is 0. The van der Waals surface area contributed by atoms with Gasteiger partial charge in [-0.1, -0.05) is 106 Å². The molecule has 8 unspecified atom stereocenters. The Balaban J connectivity index is -0.000000248. The lowest BCUT2D eigenvalue weighted by atomic mass is 9.89. The van der Waals surface area contributed by atoms with Crippen molar-refractivity contribution in [3.8, 4) is 0 Å². The molecule has 0 aromatic rings. The van der Waals surface area contributed by atoms with E-state index in [4.69, 9.17) is 40.5 Å². The first-order valence-corrected chi connectivity index (χ1v) is 18.9. The highest BCUT2D eigenvalue weighted by atomic mass is 16.5. The monoisotopic (exact) mass is 803 g/mol. The number of carboxylic acids is 7. The fraction of sp³-hybridized carbons (Fsp3) is 0.650. The van der Waals surface area contributed by atoms with Crippen molar-refractivity contribution >= 4 is 47.8 Å². The van der Waals surface area contributed by atoms with Gasteiger partial charge in [0.15, 0.2) is 0 Å². The molecule has 16 nitrogen and oxygen atoms in total. The first-order valence-electron chi connectivity index (χ1n) is 18.9. The maximum Gasteiger partial charge on any atom is 1.00 e. The predicted molar refractivity (Wildman–Crippen MR) is 209 cm³/mol. The van der Waals surface area contributed by atoms with Crippen molar-refractivity contribution in [3.63, 3.8) is 0 Å². The number of carbonyl (C=O) groups is 8. The second-order valence-electron chi connectivity index (χ2n) is 12.7. The maximum absolute atomic E-state index is 12.2. The maximum atomic E-state index is 12.2. The van der Waals surface area contributed by atoms with Gasteiger partial charge in [0.2, 0.25) is 0 Å². The van der Waals surface area contributed by atoms with E-state index in [2.05, 4.69) is 0 Å². The van der Waals surface area contributed by atoms with Crippen LogP contribution in [0.15, 0.2) is 36.6 Å². The number of rotatable bonds is 25. The van der Waals surface area contributed by atoms with E-state index in [0.29, 0.717) is 12.8 Å². The van der Waals surface area contributed by atoms with Gasteiger partial charge in [-0.15, -0.1) is 0 Å². The standard InChI is InChI=1S/C18H28O8.2C10H16O4.C2H6/c1-4-5-6-8-14(12(3)16(21)22)18(25)26-10-7-9-13(17(23)24)11(2)15(19)20;2*1-3-4-5-6-8(10(13)14)7(2)9(11)12;1-2/h7,10-14H,4-6,8-9H2,1-3H3,(H,19,20)(H,21,22)(H,23,24);2*4-5,7-8H,3,6H2,1-2H3,(H,11,12)(H,13,14);1-2H3/p+1/b10-7+;2*5-4+;. The van der Waals surface area contributed by atoms with Crippen LogP contribution >= 0.6 is 0 Å². The van der Waals surface area contributed by atoms with E-state index in [-0.39, 0.29) is 20.7 Å². The van der Waals surface area contributed by atoms with Crippen LogP contribution < -0.4 is 0 Å². The lowest BCUT2D eigenvalue weighted by molar-refractivity contribution is -0.154. The van der Waals surface area contributed by atoms with Gasteiger partial charge < -0.3 is 40.5 Å². The average Bonchev–Trinajstić information content (AvgIpc) is 3.13. The average molecular weight is 804 g/mol. The number of carbonyl (C=O) groups excluding carboxylic acids is 1. The molecule has 0 aliphatic heterocycles. The van der Waals surface area contributed by atoms with Crippen LogP contribution in [0, 0.1) is 47.3 Å². The van der Waals surface area contributed by atoms with E-state index in [1.807, 2.05) is 46.8 Å². The van der Waals surface area contributed by atoms with Gasteiger partial charge in [0, 0.05) is 0 Å². The quantitative estimate of drug-likeness (QED) is 0.0204. The van der Waals surface area contributed by atoms with Crippen LogP contribution in [0.25, 0.3) is 0 Å². The fourth-order valence-electron chi connectivity index (χ4n) is 4.65. The Morgan fingerprint density at radius 3 is 1.04 bits per heavy atom. The lowest BCUT2D eigenvalue weighted by Gasteiger charge is -2.18. The van der Waals surface area contributed by atoms with Crippen LogP contribution in [0.5, 0.6) is 0 Å². The molecule has 0 aliphatic carbocycles. The van der Waals surface area contributed by atoms with Crippen molar-refractivity contribution < 1.29 is 80.3 Å². The third-order valence-electron chi connectivity index (χ3n) is 8.60. The van der Waals surface area contributed by atoms with Gasteiger partial charge in [-0.05, 0) is 44.6 Å². The van der Waals surface area contributed by atoms with Crippen LogP contribution in [0.1, 0.15) is 122 Å². The van der Waals surface area contributed by atoms with Crippen LogP contribution in [0.2, 0.25) is 0 Å². The highest BCUT2D eigenvalue weighted by molar-refractivity contribution is 5.82. The summed E-state index contributed by atoms with van der Waals surface area (Å²) in [6.07, 6.45) is 14.4. The Kier molecular flexibility index (Phi) is 35.5. The summed E-state index contributed by atoms with van der Waals surface area (Å²) in [6, 6.07) is 0. The van der Waals surface area contributed by atoms with Crippen molar-refractivity contribution in [2.75, 3.05) is 0 Å². The Hall–Kier alpha value is -5.02. The van der Waals surface area contributed by atoms with Crippen molar-refractivity contribution in [1.82, 2.24) is 0 Å². The largest absolute Gasteiger partial charge is 1.00 e. The first-order chi connectivity index (χ1) is 26.1. The normalized spacial score (nSPS) is 15.1. The topological polar surface area (TPSA) is 287 Å². The molecule has 56 heavy (non-hydrogen) atoms. The van der Waals surface area contributed by atoms with Crippen LogP contribution in [-0.2, 0) is 43.1 Å². The molecule has 0 saturated heterocycles. The number of hydrogen-bond acceptors (Lipinski definition) is 9. The van der Waals surface area contributed by atoms with E-state index in [1.54, 1.807) is 12.2 Å². The van der Waals surface area contributed by atoms with Crippen molar-refractivity contribution in [1.29, 1.82) is 0 Å². The number of hydrogen-bond donors (Lipinski definition) is 7. The summed E-state index contributed by atoms with van der Waals surface area (Å²) in [7, 11) is 0. The summed E-state index contributed by atoms with van der Waals surface area (Å²) in [5, 5.41) is 62.0. The highest BCUT2D eigenvalue weighted by Crippen LogP contribution is 2.23. The molecule has 0 amide bonds. The molecule has 0 radical (unpaired) electrons. The number of allylic oxidation sites excluding steroid dienone is 5. The van der Waals surface area contributed by atoms with Gasteiger partial charge in [0.1, 0.15) is 0 Å². The minimum atomic E-state index is -1.26. The number of carboxylic acid groups (broad SMARTS) is 7. The van der Waals surface area contributed by atoms with Gasteiger partial charge >= 0.3 is 49.2 Å². The van der Waals surface area contributed by atoms with Gasteiger partial charge in [0.25, 0.3) is 0 Å². The summed E-state index contributed by atoms with van der Waals surface area (Å²) in [4.78, 5) is 88.0. The van der Waals surface area contributed by atoms with E-state index < -0.39 is 95.1 Å². The van der Waals surface area contributed by atoms with E-state index >= 15 is 0 Å². The van der Waals surface area contributed by atoms with Crippen LogP contribution in [0.3, 0.4) is 0 Å². The van der Waals surface area contributed by atoms with Gasteiger partial charge in [-0.25, -0.2) is 0 Å². The Labute approximate surface area is 331 Å². The Morgan fingerprint density at radius 1 is 0.464 bits per heavy atom. The Bertz CT molecular complexity index is 1240. The molecule has 0 bridgehead atoms. The fourth-order valence-corrected chi connectivity index (χ4v) is 4.65. The molecule has 7 N–H and O–H groups in total. The van der Waals surface area contributed by atoms with Crippen molar-refractivity contribution in [2.24, 2.45) is 47.3 Å². The van der Waals surface area contributed by atoms with Crippen molar-refractivity contribution in [3.05, 3.63) is 36.6 Å². The summed E-state index contributed by atoms with van der Waals surface area (Å²) in [5.41, 5.74) is 0. The van der Waals surface area contributed by atoms with Crippen LogP contribution in [-0.4, -0.2) is 83.5 Å². The number of unbranched alkanes of at least 4 members (excludes halogenated alkanes) is 2. The first kappa shape index (κ1) is 57.7. The second kappa shape index (κ2) is 34.5. The molecule has 0 saturated carbocycles. The molecule has 0 aromatic carbocycles. The Morgan fingerprint density at radius 2 is 0.768 bits per heavy atom. The van der Waals surface area contributed by atoms with E-state index in [9.17, 15) is 38.4 Å². The smallest absolute Gasteiger partial charge is 0.481 e. The van der Waals surface area contributed by atoms with Crippen molar-refractivity contribution in [2.45, 2.75) is 120 Å². The summed E-state index contributed by atoms with van der Waals surface area (Å²) in [5.74, 6) is -15.8. The van der Waals surface area contributed by atoms with Gasteiger partial charge in [-0.2, -0.15) is 0 Å². The highest BCUT2D eigenvalue weighted by Gasteiger charge is 2.32. The molecule has 0 spiro atoms. The second-order valence-corrected chi connectivity index (χ2v) is 12.7. The summed E-state index contributed by atoms with van der Waals surface area (Å²) < 4.78 is 4.95. The lowest BCUT2D eigenvalue weighted by Crippen LogP contribution is -2.28. The van der Waals surface area contributed by atoms with E-state index in [1.165, 1.54) is 33.8 Å². The number of ether oxygens (including phenoxy) is 1. The third-order valence-corrected chi connectivity index (χ3v) is 8.60. The molecule has 322 valence electrons. The summed E-state index contributed by atoms with van der Waals surface area (Å²) >= 11 is 0. The molecule has 0 aliphatic rings. The zero-order valence-electron chi connectivity index (χ0n) is 35.3. The molecule has 0 fully saturated rings. The zero-order valence-corrected chi connectivity index (χ0v) is 34.3. The predicted octanol–water partition coefficient (Wildman–Crippen LogP) is 7.44. The van der Waals surface area contributed by atoms with Crippen LogP contribution in [0.4, 0.5) is 0 Å². The third kappa shape index (κ3) is 26.7. The molecule has 16 heteroatoms. The van der Waals surface area contributed by atoms with E-state index in [0.717, 1.165) is 31.9 Å². The van der Waals surface area contributed by atoms with Gasteiger partial charge in [-0.3, -0.25) is 38.4 Å². The molecule has 0 aromatic heterocycles. The molecule has 8 atom stereocenters. The molecule has 0 heterocycles. The minimum Gasteiger partial charge on any atom is -0.481 e. The SMILES string of the molecule is CC.CC/C=C/CC(C(=O)O)C(C)C(=O)O.CC/C=C/CC(C(=O)O)C(C)C(=O)O.CCCCCC(C(=O)O/C=C/CC(C(=O)O)C(C)C(=O)O)C(C)C(=O)O.[H+]. The molecule has 0 rings (SSSR count). The molecular weight excluding hydrogens is 736 g/mol. The van der Waals surface area contributed by atoms with Gasteiger partial charge in [0.05, 0.1) is 53.6 Å². The number of aliphatic carboxylic acids is 7. The summed E-state index contributed by atoms with van der Waals surface area (Å²) in [6.45, 7) is 15.4.